The molecule has 1 aromatic carbocycles. The lowest BCUT2D eigenvalue weighted by molar-refractivity contribution is -0.145. The summed E-state index contributed by atoms with van der Waals surface area (Å²) in [7, 11) is 0. The van der Waals surface area contributed by atoms with E-state index in [0.29, 0.717) is 5.56 Å². The number of hydrogen-bond donors (Lipinski definition) is 3. The Morgan fingerprint density at radius 2 is 1.65 bits per heavy atom. The van der Waals surface area contributed by atoms with Crippen LogP contribution in [0.1, 0.15) is 29.8 Å². The van der Waals surface area contributed by atoms with Crippen molar-refractivity contribution in [2.24, 2.45) is 11.7 Å². The van der Waals surface area contributed by atoms with Crippen molar-refractivity contribution in [2.75, 3.05) is 0 Å². The van der Waals surface area contributed by atoms with Crippen molar-refractivity contribution < 1.29 is 19.8 Å². The first-order valence-corrected chi connectivity index (χ1v) is 5.16. The summed E-state index contributed by atoms with van der Waals surface area (Å²) in [5, 5.41) is 17.9. The molecule has 0 aliphatic carbocycles. The number of nitrogens with two attached hydrogens (primary N) is 1. The van der Waals surface area contributed by atoms with Crippen molar-refractivity contribution in [3.8, 4) is 0 Å². The second kappa shape index (κ2) is 4.55. The van der Waals surface area contributed by atoms with Crippen molar-refractivity contribution in [3.63, 3.8) is 0 Å². The molecular formula is C12H15NO4. The molecule has 0 saturated heterocycles. The van der Waals surface area contributed by atoms with Crippen LogP contribution in [0.2, 0.25) is 0 Å². The minimum absolute atomic E-state index is 0.102. The lowest BCUT2D eigenvalue weighted by Crippen LogP contribution is -2.49. The molecular weight excluding hydrogens is 222 g/mol. The van der Waals surface area contributed by atoms with E-state index in [2.05, 4.69) is 0 Å². The van der Waals surface area contributed by atoms with E-state index in [0.717, 1.165) is 0 Å². The summed E-state index contributed by atoms with van der Waals surface area (Å²) >= 11 is 0. The van der Waals surface area contributed by atoms with E-state index >= 15 is 0 Å². The average molecular weight is 237 g/mol. The second-order valence-corrected chi connectivity index (χ2v) is 4.21. The molecule has 0 aliphatic heterocycles. The zero-order valence-electron chi connectivity index (χ0n) is 9.68. The summed E-state index contributed by atoms with van der Waals surface area (Å²) in [5.74, 6) is -2.50. The first kappa shape index (κ1) is 13.2. The van der Waals surface area contributed by atoms with Crippen LogP contribution in [0, 0.1) is 5.92 Å². The SMILES string of the molecule is CC(C)C(N)(C(=O)O)c1ccc(C(=O)O)cc1. The number of aliphatic carboxylic acids is 1. The summed E-state index contributed by atoms with van der Waals surface area (Å²) in [4.78, 5) is 21.9. The van der Waals surface area contributed by atoms with E-state index in [4.69, 9.17) is 10.8 Å². The highest BCUT2D eigenvalue weighted by atomic mass is 16.4. The van der Waals surface area contributed by atoms with Gasteiger partial charge in [-0.15, -0.1) is 0 Å². The normalized spacial score (nSPS) is 14.4. The molecule has 0 fully saturated rings. The molecule has 5 nitrogen and oxygen atoms in total. The van der Waals surface area contributed by atoms with Crippen molar-refractivity contribution in [1.82, 2.24) is 0 Å². The van der Waals surface area contributed by atoms with Crippen LogP contribution in [0.3, 0.4) is 0 Å². The maximum absolute atomic E-state index is 11.2. The maximum Gasteiger partial charge on any atom is 0.335 e. The Bertz CT molecular complexity index is 438. The molecule has 1 rings (SSSR count). The number of benzene rings is 1. The number of carboxylic acid groups (broad SMARTS) is 2. The minimum Gasteiger partial charge on any atom is -0.480 e. The Morgan fingerprint density at radius 1 is 1.18 bits per heavy atom. The Kier molecular flexibility index (Phi) is 3.53. The van der Waals surface area contributed by atoms with Gasteiger partial charge in [0.05, 0.1) is 5.56 Å². The van der Waals surface area contributed by atoms with Gasteiger partial charge in [-0.2, -0.15) is 0 Å². The third-order valence-corrected chi connectivity index (χ3v) is 2.87. The molecule has 1 aromatic rings. The van der Waals surface area contributed by atoms with Gasteiger partial charge in [0.1, 0.15) is 5.54 Å². The molecule has 1 unspecified atom stereocenters. The van der Waals surface area contributed by atoms with Crippen LogP contribution in [0.5, 0.6) is 0 Å². The van der Waals surface area contributed by atoms with Crippen LogP contribution in [0.15, 0.2) is 24.3 Å². The van der Waals surface area contributed by atoms with Gasteiger partial charge in [-0.3, -0.25) is 0 Å². The fourth-order valence-corrected chi connectivity index (χ4v) is 1.59. The molecule has 1 atom stereocenters. The van der Waals surface area contributed by atoms with Crippen molar-refractivity contribution in [1.29, 1.82) is 0 Å². The van der Waals surface area contributed by atoms with Crippen LogP contribution in [0.4, 0.5) is 0 Å². The van der Waals surface area contributed by atoms with E-state index < -0.39 is 17.5 Å². The van der Waals surface area contributed by atoms with Crippen molar-refractivity contribution in [3.05, 3.63) is 35.4 Å². The highest BCUT2D eigenvalue weighted by Gasteiger charge is 2.39. The summed E-state index contributed by atoms with van der Waals surface area (Å²) < 4.78 is 0. The van der Waals surface area contributed by atoms with Crippen LogP contribution in [-0.2, 0) is 10.3 Å². The van der Waals surface area contributed by atoms with Crippen LogP contribution < -0.4 is 5.73 Å². The summed E-state index contributed by atoms with van der Waals surface area (Å²) in [6.45, 7) is 3.42. The van der Waals surface area contributed by atoms with E-state index in [9.17, 15) is 14.7 Å². The largest absolute Gasteiger partial charge is 0.480 e. The van der Waals surface area contributed by atoms with Gasteiger partial charge in [0.15, 0.2) is 0 Å². The lowest BCUT2D eigenvalue weighted by atomic mass is 9.80. The number of aromatic carboxylic acids is 1. The molecule has 0 spiro atoms. The molecule has 0 saturated carbocycles. The monoisotopic (exact) mass is 237 g/mol. The quantitative estimate of drug-likeness (QED) is 0.732. The third-order valence-electron chi connectivity index (χ3n) is 2.87. The molecule has 0 aromatic heterocycles. The van der Waals surface area contributed by atoms with Gasteiger partial charge in [0.25, 0.3) is 0 Å². The maximum atomic E-state index is 11.2. The zero-order chi connectivity index (χ0) is 13.2. The van der Waals surface area contributed by atoms with E-state index in [1.807, 2.05) is 0 Å². The highest BCUT2D eigenvalue weighted by Crippen LogP contribution is 2.27. The van der Waals surface area contributed by atoms with Gasteiger partial charge in [0.2, 0.25) is 0 Å². The molecule has 17 heavy (non-hydrogen) atoms. The van der Waals surface area contributed by atoms with Gasteiger partial charge in [-0.25, -0.2) is 9.59 Å². The van der Waals surface area contributed by atoms with E-state index in [-0.39, 0.29) is 11.5 Å². The molecule has 0 heterocycles. The fourth-order valence-electron chi connectivity index (χ4n) is 1.59. The van der Waals surface area contributed by atoms with Crippen molar-refractivity contribution >= 4 is 11.9 Å². The minimum atomic E-state index is -1.50. The van der Waals surface area contributed by atoms with Gasteiger partial charge in [-0.05, 0) is 23.6 Å². The number of carbonyl (C=O) groups is 2. The van der Waals surface area contributed by atoms with Crippen LogP contribution in [-0.4, -0.2) is 22.2 Å². The average Bonchev–Trinajstić information content (AvgIpc) is 2.27. The molecule has 0 aliphatic rings. The Balaban J connectivity index is 3.22. The lowest BCUT2D eigenvalue weighted by Gasteiger charge is -2.29. The predicted molar refractivity (Wildman–Crippen MR) is 61.7 cm³/mol. The summed E-state index contributed by atoms with van der Waals surface area (Å²) in [6.07, 6.45) is 0. The molecule has 92 valence electrons. The summed E-state index contributed by atoms with van der Waals surface area (Å²) in [5.41, 5.74) is 4.88. The van der Waals surface area contributed by atoms with E-state index in [1.165, 1.54) is 24.3 Å². The Morgan fingerprint density at radius 3 is 1.94 bits per heavy atom. The smallest absolute Gasteiger partial charge is 0.335 e. The Labute approximate surface area is 98.9 Å². The van der Waals surface area contributed by atoms with E-state index in [1.54, 1.807) is 13.8 Å². The predicted octanol–water partition coefficient (Wildman–Crippen LogP) is 1.28. The summed E-state index contributed by atoms with van der Waals surface area (Å²) in [6, 6.07) is 5.59. The van der Waals surface area contributed by atoms with Gasteiger partial charge < -0.3 is 15.9 Å². The van der Waals surface area contributed by atoms with Crippen LogP contribution in [0.25, 0.3) is 0 Å². The topological polar surface area (TPSA) is 101 Å². The zero-order valence-corrected chi connectivity index (χ0v) is 9.68. The molecule has 4 N–H and O–H groups in total. The van der Waals surface area contributed by atoms with Gasteiger partial charge in [-0.1, -0.05) is 26.0 Å². The molecule has 0 bridgehead atoms. The Hall–Kier alpha value is -1.88. The first-order chi connectivity index (χ1) is 7.80. The fraction of sp³-hybridized carbons (Fsp3) is 0.333. The highest BCUT2D eigenvalue weighted by molar-refractivity contribution is 5.88. The number of hydrogen-bond acceptors (Lipinski definition) is 3. The number of carboxylic acids is 2. The third kappa shape index (κ3) is 2.29. The standard InChI is InChI=1S/C12H15NO4/c1-7(2)12(13,11(16)17)9-5-3-8(4-6-9)10(14)15/h3-7H,13H2,1-2H3,(H,14,15)(H,16,17). The second-order valence-electron chi connectivity index (χ2n) is 4.21. The number of rotatable bonds is 4. The molecule has 0 radical (unpaired) electrons. The van der Waals surface area contributed by atoms with Gasteiger partial charge >= 0.3 is 11.9 Å². The van der Waals surface area contributed by atoms with Gasteiger partial charge in [0, 0.05) is 0 Å². The van der Waals surface area contributed by atoms with Crippen LogP contribution >= 0.6 is 0 Å². The molecule has 5 heteroatoms. The first-order valence-electron chi connectivity index (χ1n) is 5.16. The molecule has 0 amide bonds. The van der Waals surface area contributed by atoms with Crippen molar-refractivity contribution in [2.45, 2.75) is 19.4 Å².